The summed E-state index contributed by atoms with van der Waals surface area (Å²) in [4.78, 5) is 8.78. The average molecular weight is 476 g/mol. The number of hydrogen-bond acceptors (Lipinski definition) is 4. The Morgan fingerprint density at radius 2 is 1.78 bits per heavy atom. The van der Waals surface area contributed by atoms with Crippen molar-refractivity contribution in [3.05, 3.63) is 101 Å². The molecule has 156 valence electrons. The molecule has 5 aromatic rings. The first-order valence-electron chi connectivity index (χ1n) is 9.52. The molecule has 5 nitrogen and oxygen atoms in total. The first-order valence-corrected chi connectivity index (χ1v) is 12.2. The molecule has 0 aliphatic rings. The monoisotopic (exact) mass is 475 g/mol. The van der Waals surface area contributed by atoms with Crippen molar-refractivity contribution in [3.8, 4) is 21.7 Å². The lowest BCUT2D eigenvalue weighted by atomic mass is 10.0. The zero-order valence-corrected chi connectivity index (χ0v) is 18.8. The van der Waals surface area contributed by atoms with Gasteiger partial charge in [-0.1, -0.05) is 35.9 Å². The number of nitrogens with zero attached hydrogens (tertiary/aromatic N) is 3. The highest BCUT2D eigenvalue weighted by molar-refractivity contribution is 7.90. The Kier molecular flexibility index (Phi) is 5.06. The maximum atomic E-state index is 13.9. The molecule has 0 aliphatic heterocycles. The van der Waals surface area contributed by atoms with E-state index in [-0.39, 0.29) is 4.90 Å². The van der Waals surface area contributed by atoms with Gasteiger partial charge in [0, 0.05) is 33.9 Å². The quantitative estimate of drug-likeness (QED) is 0.266. The molecule has 2 aromatic carbocycles. The van der Waals surface area contributed by atoms with Gasteiger partial charge in [0.25, 0.3) is 10.0 Å². The number of para-hydroxylation sites is 1. The highest BCUT2D eigenvalue weighted by Crippen LogP contribution is 2.46. The zero-order valence-electron chi connectivity index (χ0n) is 16.4. The van der Waals surface area contributed by atoms with Gasteiger partial charge in [0.1, 0.15) is 0 Å². The molecule has 0 fully saturated rings. The molecule has 0 saturated carbocycles. The van der Waals surface area contributed by atoms with Crippen molar-refractivity contribution >= 4 is 49.6 Å². The average Bonchev–Trinajstić information content (AvgIpc) is 3.45. The predicted molar refractivity (Wildman–Crippen MR) is 129 cm³/mol. The van der Waals surface area contributed by atoms with E-state index >= 15 is 0 Å². The van der Waals surface area contributed by atoms with Gasteiger partial charge in [-0.15, -0.1) is 11.3 Å². The first-order chi connectivity index (χ1) is 15.5. The van der Waals surface area contributed by atoms with Crippen LogP contribution in [0.5, 0.6) is 0 Å². The fraction of sp³-hybridized carbons (Fsp3) is 0. The Labute approximate surface area is 194 Å². The van der Waals surface area contributed by atoms with Crippen molar-refractivity contribution in [1.29, 1.82) is 0 Å². The standard InChI is InChI=1S/C24H14ClN3O2S2/c1-26-20-12-13-27-15-19(20)23-18-5-2-3-6-21(18)28(24(23)22-7-4-14-31-22)32(29,30)17-10-8-16(25)9-11-17/h2-15H. The lowest BCUT2D eigenvalue weighted by molar-refractivity contribution is 0.589. The second-order valence-electron chi connectivity index (χ2n) is 6.95. The molecule has 0 aliphatic carbocycles. The molecule has 0 radical (unpaired) electrons. The van der Waals surface area contributed by atoms with Gasteiger partial charge in [-0.25, -0.2) is 17.2 Å². The van der Waals surface area contributed by atoms with E-state index in [1.165, 1.54) is 27.4 Å². The third-order valence-electron chi connectivity index (χ3n) is 5.13. The minimum absolute atomic E-state index is 0.128. The molecule has 0 bridgehead atoms. The Morgan fingerprint density at radius 3 is 2.50 bits per heavy atom. The van der Waals surface area contributed by atoms with Crippen molar-refractivity contribution < 1.29 is 8.42 Å². The van der Waals surface area contributed by atoms with Crippen LogP contribution in [0.1, 0.15) is 0 Å². The number of thiophene rings is 1. The van der Waals surface area contributed by atoms with E-state index in [4.69, 9.17) is 18.2 Å². The molecule has 0 spiro atoms. The molecule has 3 aromatic heterocycles. The van der Waals surface area contributed by atoms with Crippen LogP contribution >= 0.6 is 22.9 Å². The fourth-order valence-corrected chi connectivity index (χ4v) is 6.25. The van der Waals surface area contributed by atoms with Crippen LogP contribution in [0.2, 0.25) is 5.02 Å². The second-order valence-corrected chi connectivity index (χ2v) is 10.1. The zero-order chi connectivity index (χ0) is 22.3. The lowest BCUT2D eigenvalue weighted by Gasteiger charge is -2.13. The molecule has 0 atom stereocenters. The summed E-state index contributed by atoms with van der Waals surface area (Å²) >= 11 is 7.43. The van der Waals surface area contributed by atoms with E-state index < -0.39 is 10.0 Å². The van der Waals surface area contributed by atoms with Gasteiger partial charge in [0.05, 0.1) is 27.6 Å². The van der Waals surface area contributed by atoms with Crippen molar-refractivity contribution in [2.24, 2.45) is 0 Å². The van der Waals surface area contributed by atoms with E-state index in [1.54, 1.807) is 42.7 Å². The topological polar surface area (TPSA) is 56.3 Å². The third kappa shape index (κ3) is 3.21. The summed E-state index contributed by atoms with van der Waals surface area (Å²) in [6.45, 7) is 7.63. The lowest BCUT2D eigenvalue weighted by Crippen LogP contribution is -2.14. The molecular formula is C24H14ClN3O2S2. The second kappa shape index (κ2) is 7.92. The van der Waals surface area contributed by atoms with Gasteiger partial charge >= 0.3 is 0 Å². The fourth-order valence-electron chi connectivity index (χ4n) is 3.76. The number of benzene rings is 2. The minimum atomic E-state index is -3.98. The van der Waals surface area contributed by atoms with Crippen LogP contribution in [0.3, 0.4) is 0 Å². The van der Waals surface area contributed by atoms with Gasteiger partial charge in [-0.2, -0.15) is 0 Å². The molecule has 0 saturated heterocycles. The Morgan fingerprint density at radius 1 is 1.00 bits per heavy atom. The van der Waals surface area contributed by atoms with E-state index in [0.717, 1.165) is 10.3 Å². The van der Waals surface area contributed by atoms with Crippen LogP contribution in [0.25, 0.3) is 37.4 Å². The molecule has 0 N–H and O–H groups in total. The molecule has 3 heterocycles. The third-order valence-corrected chi connectivity index (χ3v) is 7.98. The number of fused-ring (bicyclic) bond motifs is 1. The Balaban J connectivity index is 1.97. The van der Waals surface area contributed by atoms with Gasteiger partial charge in [-0.3, -0.25) is 4.98 Å². The number of rotatable bonds is 4. The minimum Gasteiger partial charge on any atom is -0.267 e. The van der Waals surface area contributed by atoms with Crippen LogP contribution in [0.4, 0.5) is 5.69 Å². The summed E-state index contributed by atoms with van der Waals surface area (Å²) < 4.78 is 29.2. The van der Waals surface area contributed by atoms with E-state index in [0.29, 0.717) is 33.0 Å². The summed E-state index contributed by atoms with van der Waals surface area (Å²) in [5.74, 6) is 0. The van der Waals surface area contributed by atoms with E-state index in [9.17, 15) is 8.42 Å². The van der Waals surface area contributed by atoms with Crippen molar-refractivity contribution in [2.45, 2.75) is 4.90 Å². The summed E-state index contributed by atoms with van der Waals surface area (Å²) in [6, 6.07) is 18.8. The van der Waals surface area contributed by atoms with Gasteiger partial charge in [-0.05, 0) is 47.8 Å². The van der Waals surface area contributed by atoms with Crippen LogP contribution in [0.15, 0.2) is 89.4 Å². The normalized spacial score (nSPS) is 11.5. The van der Waals surface area contributed by atoms with Crippen LogP contribution in [0, 0.1) is 6.57 Å². The Hall–Kier alpha value is -3.44. The SMILES string of the molecule is [C-]#[N+]c1ccncc1-c1c(-c2cccs2)n(S(=O)(=O)c2ccc(Cl)cc2)c2ccccc12. The van der Waals surface area contributed by atoms with Crippen LogP contribution < -0.4 is 0 Å². The summed E-state index contributed by atoms with van der Waals surface area (Å²) in [7, 11) is -3.98. The number of aromatic nitrogens is 2. The van der Waals surface area contributed by atoms with Crippen molar-refractivity contribution in [2.75, 3.05) is 0 Å². The summed E-state index contributed by atoms with van der Waals surface area (Å²) in [6.07, 6.45) is 3.18. The van der Waals surface area contributed by atoms with Crippen molar-refractivity contribution in [1.82, 2.24) is 8.96 Å². The summed E-state index contributed by atoms with van der Waals surface area (Å²) in [5.41, 5.74) is 2.70. The van der Waals surface area contributed by atoms with Gasteiger partial charge in [0.2, 0.25) is 0 Å². The van der Waals surface area contributed by atoms with E-state index in [2.05, 4.69) is 9.83 Å². The predicted octanol–water partition coefficient (Wildman–Crippen LogP) is 6.87. The van der Waals surface area contributed by atoms with Gasteiger partial charge in [0.15, 0.2) is 5.69 Å². The number of halogens is 1. The molecule has 0 unspecified atom stereocenters. The van der Waals surface area contributed by atoms with Crippen LogP contribution in [-0.4, -0.2) is 17.4 Å². The number of hydrogen-bond donors (Lipinski definition) is 0. The molecular weight excluding hydrogens is 462 g/mol. The largest absolute Gasteiger partial charge is 0.268 e. The Bertz CT molecular complexity index is 1600. The maximum Gasteiger partial charge on any atom is 0.268 e. The smallest absolute Gasteiger partial charge is 0.267 e. The molecule has 5 rings (SSSR count). The molecule has 0 amide bonds. The molecule has 8 heteroatoms. The molecule has 32 heavy (non-hydrogen) atoms. The highest BCUT2D eigenvalue weighted by atomic mass is 35.5. The summed E-state index contributed by atoms with van der Waals surface area (Å²) in [5, 5.41) is 3.08. The van der Waals surface area contributed by atoms with Gasteiger partial charge < -0.3 is 0 Å². The number of pyridine rings is 1. The van der Waals surface area contributed by atoms with Crippen molar-refractivity contribution in [3.63, 3.8) is 0 Å². The highest BCUT2D eigenvalue weighted by Gasteiger charge is 2.29. The van der Waals surface area contributed by atoms with E-state index in [1.807, 2.05) is 29.6 Å². The maximum absolute atomic E-state index is 13.9. The first kappa shape index (κ1) is 20.5. The van der Waals surface area contributed by atoms with Crippen LogP contribution in [-0.2, 0) is 10.0 Å².